The molecule has 0 radical (unpaired) electrons. The fraction of sp³-hybridized carbons (Fsp3) is 0.750. The summed E-state index contributed by atoms with van der Waals surface area (Å²) in [4.78, 5) is 2.46. The number of rotatable bonds is 5. The van der Waals surface area contributed by atoms with Crippen molar-refractivity contribution in [3.8, 4) is 0 Å². The smallest absolute Gasteiger partial charge is 0.246 e. The summed E-state index contributed by atoms with van der Waals surface area (Å²) in [6.45, 7) is 6.55. The normalized spacial score (nSPS) is 17.8. The Morgan fingerprint density at radius 2 is 1.95 bits per heavy atom. The van der Waals surface area contributed by atoms with Gasteiger partial charge < -0.3 is 9.42 Å². The number of nitrogens with zero attached hydrogens (tertiary/aromatic N) is 2. The number of aryl methyl sites for hydroxylation is 2. The van der Waals surface area contributed by atoms with Gasteiger partial charge in [0.2, 0.25) is 10.0 Å². The largest absolute Gasteiger partial charge is 0.360 e. The van der Waals surface area contributed by atoms with E-state index in [-0.39, 0.29) is 4.90 Å². The Labute approximate surface area is 114 Å². The zero-order valence-electron chi connectivity index (χ0n) is 11.5. The Morgan fingerprint density at radius 1 is 1.26 bits per heavy atom. The van der Waals surface area contributed by atoms with Crippen LogP contribution in [-0.4, -0.2) is 44.7 Å². The van der Waals surface area contributed by atoms with Crippen molar-refractivity contribution in [3.05, 3.63) is 11.5 Å². The Hall–Kier alpha value is -0.920. The van der Waals surface area contributed by atoms with Crippen molar-refractivity contribution in [2.75, 3.05) is 26.2 Å². The van der Waals surface area contributed by atoms with Gasteiger partial charge in [0.1, 0.15) is 10.6 Å². The standard InChI is InChI=1S/C12H21N3O3S/c1-10-12(11(2)18-14-10)19(16,17)13-6-9-15-7-4-3-5-8-15/h13H,3-9H2,1-2H3. The molecule has 1 N–H and O–H groups in total. The zero-order valence-corrected chi connectivity index (χ0v) is 12.3. The van der Waals surface area contributed by atoms with E-state index in [2.05, 4.69) is 14.8 Å². The monoisotopic (exact) mass is 287 g/mol. The number of hydrogen-bond acceptors (Lipinski definition) is 5. The lowest BCUT2D eigenvalue weighted by atomic mass is 10.1. The van der Waals surface area contributed by atoms with Gasteiger partial charge in [0, 0.05) is 13.1 Å². The molecule has 0 bridgehead atoms. The molecule has 0 atom stereocenters. The maximum absolute atomic E-state index is 12.1. The van der Waals surface area contributed by atoms with Crippen LogP contribution in [0.3, 0.4) is 0 Å². The molecule has 1 fully saturated rings. The number of likely N-dealkylation sites (tertiary alicyclic amines) is 1. The second-order valence-corrected chi connectivity index (χ2v) is 6.66. The summed E-state index contributed by atoms with van der Waals surface area (Å²) in [5.41, 5.74) is 0.406. The Kier molecular flexibility index (Phi) is 4.59. The highest BCUT2D eigenvalue weighted by Crippen LogP contribution is 2.18. The maximum atomic E-state index is 12.1. The highest BCUT2D eigenvalue weighted by Gasteiger charge is 2.23. The van der Waals surface area contributed by atoms with Gasteiger partial charge in [0.25, 0.3) is 0 Å². The highest BCUT2D eigenvalue weighted by atomic mass is 32.2. The van der Waals surface area contributed by atoms with Crippen molar-refractivity contribution >= 4 is 10.0 Å². The lowest BCUT2D eigenvalue weighted by molar-refractivity contribution is 0.232. The first kappa shape index (κ1) is 14.5. The number of nitrogens with one attached hydrogen (secondary N) is 1. The minimum Gasteiger partial charge on any atom is -0.360 e. The minimum atomic E-state index is -3.51. The van der Waals surface area contributed by atoms with Gasteiger partial charge in [-0.05, 0) is 39.8 Å². The summed E-state index contributed by atoms with van der Waals surface area (Å²) in [6.07, 6.45) is 3.69. The predicted molar refractivity (Wildman–Crippen MR) is 71.5 cm³/mol. The second-order valence-electron chi connectivity index (χ2n) is 4.95. The molecule has 1 aliphatic heterocycles. The van der Waals surface area contributed by atoms with E-state index >= 15 is 0 Å². The topological polar surface area (TPSA) is 75.4 Å². The van der Waals surface area contributed by atoms with Crippen LogP contribution >= 0.6 is 0 Å². The van der Waals surface area contributed by atoms with Crippen molar-refractivity contribution in [2.45, 2.75) is 38.0 Å². The Balaban J connectivity index is 1.91. The molecule has 0 spiro atoms. The van der Waals surface area contributed by atoms with Crippen molar-refractivity contribution in [1.82, 2.24) is 14.8 Å². The molecule has 1 aromatic rings. The fourth-order valence-electron chi connectivity index (χ4n) is 2.45. The summed E-state index contributed by atoms with van der Waals surface area (Å²) >= 11 is 0. The molecule has 7 heteroatoms. The van der Waals surface area contributed by atoms with E-state index in [0.717, 1.165) is 19.6 Å². The van der Waals surface area contributed by atoms with E-state index in [0.29, 0.717) is 18.0 Å². The van der Waals surface area contributed by atoms with Crippen molar-refractivity contribution < 1.29 is 12.9 Å². The fourth-order valence-corrected chi connectivity index (χ4v) is 3.80. The molecule has 108 valence electrons. The molecule has 2 heterocycles. The van der Waals surface area contributed by atoms with Crippen LogP contribution < -0.4 is 4.72 Å². The van der Waals surface area contributed by atoms with E-state index in [1.165, 1.54) is 19.3 Å². The van der Waals surface area contributed by atoms with Gasteiger partial charge in [0.05, 0.1) is 0 Å². The zero-order chi connectivity index (χ0) is 13.9. The first-order valence-electron chi connectivity index (χ1n) is 6.65. The average Bonchev–Trinajstić information content (AvgIpc) is 2.70. The molecular weight excluding hydrogens is 266 g/mol. The SMILES string of the molecule is Cc1noc(C)c1S(=O)(=O)NCCN1CCCCC1. The third kappa shape index (κ3) is 3.55. The second kappa shape index (κ2) is 6.02. The number of aromatic nitrogens is 1. The molecule has 0 saturated carbocycles. The first-order valence-corrected chi connectivity index (χ1v) is 8.14. The lowest BCUT2D eigenvalue weighted by Crippen LogP contribution is -2.37. The van der Waals surface area contributed by atoms with Crippen LogP contribution in [0, 0.1) is 13.8 Å². The van der Waals surface area contributed by atoms with Gasteiger partial charge in [0.15, 0.2) is 5.76 Å². The molecule has 1 aromatic heterocycles. The molecule has 1 aliphatic rings. The molecular formula is C12H21N3O3S. The number of hydrogen-bond donors (Lipinski definition) is 1. The molecule has 0 aromatic carbocycles. The number of piperidine rings is 1. The van der Waals surface area contributed by atoms with Gasteiger partial charge >= 0.3 is 0 Å². The van der Waals surface area contributed by atoms with Gasteiger partial charge in [-0.1, -0.05) is 11.6 Å². The van der Waals surface area contributed by atoms with Crippen LogP contribution in [0.5, 0.6) is 0 Å². The summed E-state index contributed by atoms with van der Waals surface area (Å²) in [5.74, 6) is 0.336. The Bertz CT molecular complexity index is 499. The lowest BCUT2D eigenvalue weighted by Gasteiger charge is -2.26. The molecule has 0 amide bonds. The van der Waals surface area contributed by atoms with Crippen LogP contribution in [0.4, 0.5) is 0 Å². The summed E-state index contributed by atoms with van der Waals surface area (Å²) < 4.78 is 31.8. The molecule has 0 unspecified atom stereocenters. The third-order valence-electron chi connectivity index (χ3n) is 3.41. The minimum absolute atomic E-state index is 0.172. The van der Waals surface area contributed by atoms with Gasteiger partial charge in [-0.2, -0.15) is 0 Å². The highest BCUT2D eigenvalue weighted by molar-refractivity contribution is 7.89. The van der Waals surface area contributed by atoms with Crippen molar-refractivity contribution in [1.29, 1.82) is 0 Å². The number of sulfonamides is 1. The molecule has 6 nitrogen and oxygen atoms in total. The molecule has 2 rings (SSSR count). The van der Waals surface area contributed by atoms with E-state index in [9.17, 15) is 8.42 Å². The predicted octanol–water partition coefficient (Wildman–Crippen LogP) is 1.06. The van der Waals surface area contributed by atoms with E-state index in [1.807, 2.05) is 0 Å². The van der Waals surface area contributed by atoms with Gasteiger partial charge in [-0.15, -0.1) is 0 Å². The van der Waals surface area contributed by atoms with Crippen LogP contribution in [-0.2, 0) is 10.0 Å². The molecule has 0 aliphatic carbocycles. The van der Waals surface area contributed by atoms with Crippen LogP contribution in [0.1, 0.15) is 30.7 Å². The Morgan fingerprint density at radius 3 is 2.53 bits per heavy atom. The third-order valence-corrected chi connectivity index (χ3v) is 5.11. The summed E-state index contributed by atoms with van der Waals surface area (Å²) in [6, 6.07) is 0. The van der Waals surface area contributed by atoms with Crippen molar-refractivity contribution in [3.63, 3.8) is 0 Å². The van der Waals surface area contributed by atoms with Crippen LogP contribution in [0.2, 0.25) is 0 Å². The van der Waals surface area contributed by atoms with Gasteiger partial charge in [-0.3, -0.25) is 0 Å². The summed E-state index contributed by atoms with van der Waals surface area (Å²) in [5, 5.41) is 3.68. The van der Waals surface area contributed by atoms with Gasteiger partial charge in [-0.25, -0.2) is 13.1 Å². The average molecular weight is 287 g/mol. The van der Waals surface area contributed by atoms with Crippen LogP contribution in [0.25, 0.3) is 0 Å². The molecule has 19 heavy (non-hydrogen) atoms. The van der Waals surface area contributed by atoms with E-state index in [1.54, 1.807) is 13.8 Å². The first-order chi connectivity index (χ1) is 9.00. The quantitative estimate of drug-likeness (QED) is 0.876. The molecule has 1 saturated heterocycles. The maximum Gasteiger partial charge on any atom is 0.246 e. The summed E-state index contributed by atoms with van der Waals surface area (Å²) in [7, 11) is -3.51. The van der Waals surface area contributed by atoms with E-state index < -0.39 is 10.0 Å². The van der Waals surface area contributed by atoms with E-state index in [4.69, 9.17) is 4.52 Å². The van der Waals surface area contributed by atoms with Crippen LogP contribution in [0.15, 0.2) is 9.42 Å². The van der Waals surface area contributed by atoms with Crippen molar-refractivity contribution in [2.24, 2.45) is 0 Å².